The van der Waals surface area contributed by atoms with Crippen LogP contribution < -0.4 is 5.73 Å². The first kappa shape index (κ1) is 20.7. The van der Waals surface area contributed by atoms with Gasteiger partial charge in [-0.25, -0.2) is 0 Å². The Hall–Kier alpha value is -1.56. The number of benzene rings is 1. The Labute approximate surface area is 165 Å². The van der Waals surface area contributed by atoms with Gasteiger partial charge in [0.25, 0.3) is 5.91 Å². The lowest BCUT2D eigenvalue weighted by molar-refractivity contribution is 0.0709. The molecule has 0 radical (unpaired) electrons. The maximum atomic E-state index is 13.2. The summed E-state index contributed by atoms with van der Waals surface area (Å²) in [7, 11) is 0. The largest absolute Gasteiger partial charge is 0.337 e. The number of nitrogens with two attached hydrogens (primary N) is 1. The van der Waals surface area contributed by atoms with Crippen LogP contribution in [0.15, 0.2) is 30.5 Å². The van der Waals surface area contributed by atoms with Crippen LogP contribution in [0.4, 0.5) is 0 Å². The number of carbonyl (C=O) groups excluding carboxylic acids is 1. The van der Waals surface area contributed by atoms with Gasteiger partial charge in [-0.2, -0.15) is 5.10 Å². The standard InChI is InChI=1S/C19H25ClN4O.ClH/c1-19(2,3)24-12-15(18(25)23-10-6-7-13(21)11-23)17(22-24)14-8-4-5-9-16(14)20;/h4-5,8-9,12-13H,6-7,10-11,21H2,1-3H3;1H. The van der Waals surface area contributed by atoms with Gasteiger partial charge in [0.1, 0.15) is 5.69 Å². The monoisotopic (exact) mass is 396 g/mol. The zero-order valence-electron chi connectivity index (χ0n) is 15.4. The molecular formula is C19H26Cl2N4O. The molecular weight excluding hydrogens is 371 g/mol. The van der Waals surface area contributed by atoms with Gasteiger partial charge in [-0.05, 0) is 39.7 Å². The Balaban J connectivity index is 0.00000243. The number of piperidine rings is 1. The fourth-order valence-corrected chi connectivity index (χ4v) is 3.32. The van der Waals surface area contributed by atoms with Crippen LogP contribution >= 0.6 is 24.0 Å². The molecule has 2 heterocycles. The smallest absolute Gasteiger partial charge is 0.257 e. The second kappa shape index (κ2) is 7.99. The Morgan fingerprint density at radius 2 is 2.00 bits per heavy atom. The van der Waals surface area contributed by atoms with Crippen LogP contribution in [0.1, 0.15) is 44.0 Å². The van der Waals surface area contributed by atoms with E-state index in [0.29, 0.717) is 22.8 Å². The van der Waals surface area contributed by atoms with Crippen molar-refractivity contribution in [1.82, 2.24) is 14.7 Å². The van der Waals surface area contributed by atoms with E-state index in [1.165, 1.54) is 0 Å². The van der Waals surface area contributed by atoms with Gasteiger partial charge in [-0.1, -0.05) is 29.8 Å². The van der Waals surface area contributed by atoms with Gasteiger partial charge in [0, 0.05) is 30.9 Å². The minimum atomic E-state index is -0.229. The van der Waals surface area contributed by atoms with Crippen molar-refractivity contribution in [3.05, 3.63) is 41.0 Å². The molecule has 1 atom stereocenters. The Morgan fingerprint density at radius 3 is 2.62 bits per heavy atom. The molecule has 2 aromatic rings. The summed E-state index contributed by atoms with van der Waals surface area (Å²) in [6.07, 6.45) is 3.73. The third kappa shape index (κ3) is 4.22. The maximum absolute atomic E-state index is 13.2. The number of hydrogen-bond acceptors (Lipinski definition) is 3. The molecule has 1 fully saturated rings. The minimum absolute atomic E-state index is 0. The molecule has 142 valence electrons. The van der Waals surface area contributed by atoms with E-state index >= 15 is 0 Å². The van der Waals surface area contributed by atoms with E-state index in [1.54, 1.807) is 0 Å². The van der Waals surface area contributed by atoms with Crippen LogP contribution in [-0.2, 0) is 5.54 Å². The molecule has 0 bridgehead atoms. The number of hydrogen-bond donors (Lipinski definition) is 1. The van der Waals surface area contributed by atoms with Crippen molar-refractivity contribution >= 4 is 29.9 Å². The maximum Gasteiger partial charge on any atom is 0.257 e. The Bertz CT molecular complexity index is 782. The van der Waals surface area contributed by atoms with Crippen molar-refractivity contribution < 1.29 is 4.79 Å². The molecule has 3 rings (SSSR count). The minimum Gasteiger partial charge on any atom is -0.337 e. The molecule has 26 heavy (non-hydrogen) atoms. The predicted molar refractivity (Wildman–Crippen MR) is 108 cm³/mol. The average Bonchev–Trinajstić information content (AvgIpc) is 3.00. The zero-order chi connectivity index (χ0) is 18.2. The highest BCUT2D eigenvalue weighted by atomic mass is 35.5. The number of carbonyl (C=O) groups is 1. The third-order valence-electron chi connectivity index (χ3n) is 4.51. The summed E-state index contributed by atoms with van der Waals surface area (Å²) in [6, 6.07) is 7.54. The van der Waals surface area contributed by atoms with E-state index in [-0.39, 0.29) is 29.9 Å². The van der Waals surface area contributed by atoms with Gasteiger partial charge in [-0.3, -0.25) is 9.48 Å². The fourth-order valence-electron chi connectivity index (χ4n) is 3.09. The molecule has 1 aromatic carbocycles. The number of nitrogens with zero attached hydrogens (tertiary/aromatic N) is 3. The van der Waals surface area contributed by atoms with Crippen molar-refractivity contribution in [2.24, 2.45) is 5.73 Å². The van der Waals surface area contributed by atoms with Crippen molar-refractivity contribution in [1.29, 1.82) is 0 Å². The van der Waals surface area contributed by atoms with Gasteiger partial charge >= 0.3 is 0 Å². The molecule has 0 spiro atoms. The van der Waals surface area contributed by atoms with E-state index in [2.05, 4.69) is 20.8 Å². The zero-order valence-corrected chi connectivity index (χ0v) is 17.0. The highest BCUT2D eigenvalue weighted by Gasteiger charge is 2.29. The van der Waals surface area contributed by atoms with E-state index in [0.717, 1.165) is 24.9 Å². The highest BCUT2D eigenvalue weighted by molar-refractivity contribution is 6.33. The lowest BCUT2D eigenvalue weighted by Crippen LogP contribution is -2.45. The van der Waals surface area contributed by atoms with Gasteiger partial charge in [0.2, 0.25) is 0 Å². The van der Waals surface area contributed by atoms with Gasteiger partial charge in [0.15, 0.2) is 0 Å². The molecule has 1 saturated heterocycles. The number of likely N-dealkylation sites (tertiary alicyclic amines) is 1. The molecule has 7 heteroatoms. The van der Waals surface area contributed by atoms with Crippen molar-refractivity contribution in [3.63, 3.8) is 0 Å². The van der Waals surface area contributed by atoms with Crippen molar-refractivity contribution in [2.45, 2.75) is 45.2 Å². The van der Waals surface area contributed by atoms with Crippen LogP contribution in [0.2, 0.25) is 5.02 Å². The topological polar surface area (TPSA) is 64.2 Å². The molecule has 0 aliphatic carbocycles. The summed E-state index contributed by atoms with van der Waals surface area (Å²) >= 11 is 6.37. The van der Waals surface area contributed by atoms with Gasteiger partial charge in [-0.15, -0.1) is 12.4 Å². The average molecular weight is 397 g/mol. The second-order valence-corrected chi connectivity index (χ2v) is 8.05. The first-order chi connectivity index (χ1) is 11.8. The molecule has 1 unspecified atom stereocenters. The molecule has 1 aliphatic heterocycles. The molecule has 2 N–H and O–H groups in total. The van der Waals surface area contributed by atoms with Gasteiger partial charge < -0.3 is 10.6 Å². The summed E-state index contributed by atoms with van der Waals surface area (Å²) in [5.41, 5.74) is 7.81. The molecule has 1 aliphatic rings. The molecule has 1 amide bonds. The fraction of sp³-hybridized carbons (Fsp3) is 0.474. The van der Waals surface area contributed by atoms with E-state index in [9.17, 15) is 4.79 Å². The normalized spacial score (nSPS) is 17.7. The first-order valence-electron chi connectivity index (χ1n) is 8.67. The van der Waals surface area contributed by atoms with Crippen LogP contribution in [0.5, 0.6) is 0 Å². The van der Waals surface area contributed by atoms with Crippen molar-refractivity contribution in [2.75, 3.05) is 13.1 Å². The summed E-state index contributed by atoms with van der Waals surface area (Å²) in [4.78, 5) is 15.0. The van der Waals surface area contributed by atoms with E-state index < -0.39 is 0 Å². The number of halogens is 2. The number of amides is 1. The van der Waals surface area contributed by atoms with Crippen molar-refractivity contribution in [3.8, 4) is 11.3 Å². The number of rotatable bonds is 2. The molecule has 1 aromatic heterocycles. The van der Waals surface area contributed by atoms with Gasteiger partial charge in [0.05, 0.1) is 16.1 Å². The predicted octanol–water partition coefficient (Wildman–Crippen LogP) is 3.94. The Morgan fingerprint density at radius 1 is 1.31 bits per heavy atom. The van der Waals surface area contributed by atoms with Crippen LogP contribution in [0.3, 0.4) is 0 Å². The second-order valence-electron chi connectivity index (χ2n) is 7.64. The Kier molecular flexibility index (Phi) is 6.37. The quantitative estimate of drug-likeness (QED) is 0.835. The lowest BCUT2D eigenvalue weighted by atomic mass is 10.0. The number of aromatic nitrogens is 2. The van der Waals surface area contributed by atoms with Crippen LogP contribution in [0, 0.1) is 0 Å². The first-order valence-corrected chi connectivity index (χ1v) is 9.05. The SMILES string of the molecule is CC(C)(C)n1cc(C(=O)N2CCCC(N)C2)c(-c2ccccc2Cl)n1.Cl. The van der Waals surface area contributed by atoms with Crippen LogP contribution in [0.25, 0.3) is 11.3 Å². The highest BCUT2D eigenvalue weighted by Crippen LogP contribution is 2.31. The van der Waals surface area contributed by atoms with Crippen LogP contribution in [-0.4, -0.2) is 39.7 Å². The molecule has 5 nitrogen and oxygen atoms in total. The lowest BCUT2D eigenvalue weighted by Gasteiger charge is -2.30. The summed E-state index contributed by atoms with van der Waals surface area (Å²) in [5.74, 6) is -0.0273. The summed E-state index contributed by atoms with van der Waals surface area (Å²) < 4.78 is 1.84. The molecule has 0 saturated carbocycles. The summed E-state index contributed by atoms with van der Waals surface area (Å²) in [6.45, 7) is 7.49. The van der Waals surface area contributed by atoms with E-state index in [1.807, 2.05) is 40.0 Å². The summed E-state index contributed by atoms with van der Waals surface area (Å²) in [5, 5.41) is 5.29. The third-order valence-corrected chi connectivity index (χ3v) is 4.84. The van der Waals surface area contributed by atoms with E-state index in [4.69, 9.17) is 22.4 Å².